The number of nitrogens with zero attached hydrogens (tertiary/aromatic N) is 3. The third kappa shape index (κ3) is 1.82. The third-order valence-corrected chi connectivity index (χ3v) is 2.61. The highest BCUT2D eigenvalue weighted by molar-refractivity contribution is 7.99. The second-order valence-corrected chi connectivity index (χ2v) is 3.97. The van der Waals surface area contributed by atoms with Gasteiger partial charge in [-0.3, -0.25) is 0 Å². The van der Waals surface area contributed by atoms with Crippen LogP contribution in [0.5, 0.6) is 0 Å². The molecule has 0 atom stereocenters. The number of aromatic nitrogens is 3. The highest BCUT2D eigenvalue weighted by Gasteiger charge is 2.29. The van der Waals surface area contributed by atoms with E-state index in [9.17, 15) is 8.78 Å². The van der Waals surface area contributed by atoms with E-state index < -0.39 is 5.76 Å². The summed E-state index contributed by atoms with van der Waals surface area (Å²) in [5.74, 6) is -1.69. The van der Waals surface area contributed by atoms with E-state index >= 15 is 0 Å². The van der Waals surface area contributed by atoms with Gasteiger partial charge in [0.15, 0.2) is 5.16 Å². The Bertz CT molecular complexity index is 309. The summed E-state index contributed by atoms with van der Waals surface area (Å²) in [5.41, 5.74) is 0. The smallest absolute Gasteiger partial charge is 0.291 e. The minimum Gasteiger partial charge on any atom is -0.303 e. The Labute approximate surface area is 78.5 Å². The fourth-order valence-corrected chi connectivity index (χ4v) is 1.91. The molecule has 1 aliphatic rings. The zero-order chi connectivity index (χ0) is 9.42. The molecular formula is C7H9F2N3S. The van der Waals surface area contributed by atoms with Gasteiger partial charge in [-0.05, 0) is 31.5 Å². The van der Waals surface area contributed by atoms with Crippen LogP contribution in [0.4, 0.5) is 8.78 Å². The van der Waals surface area contributed by atoms with E-state index in [1.807, 2.05) is 0 Å². The minimum atomic E-state index is -2.42. The summed E-state index contributed by atoms with van der Waals surface area (Å²) in [7, 11) is 0. The summed E-state index contributed by atoms with van der Waals surface area (Å²) >= 11 is 0.470. The Kier molecular flexibility index (Phi) is 2.23. The fraction of sp³-hybridized carbons (Fsp3) is 0.714. The molecule has 0 aromatic carbocycles. The molecule has 0 aliphatic heterocycles. The molecule has 1 aromatic heterocycles. The average Bonchev–Trinajstić information content (AvgIpc) is 2.79. The molecule has 1 saturated carbocycles. The molecule has 0 saturated heterocycles. The van der Waals surface area contributed by atoms with Crippen LogP contribution in [0.25, 0.3) is 0 Å². The minimum absolute atomic E-state index is 0.343. The van der Waals surface area contributed by atoms with Gasteiger partial charge in [0.25, 0.3) is 5.76 Å². The van der Waals surface area contributed by atoms with Crippen LogP contribution in [-0.2, 0) is 0 Å². The maximum Gasteiger partial charge on any atom is 0.291 e. The Balaban J connectivity index is 2.23. The van der Waals surface area contributed by atoms with Gasteiger partial charge in [-0.1, -0.05) is 0 Å². The van der Waals surface area contributed by atoms with Crippen molar-refractivity contribution in [1.29, 1.82) is 0 Å². The monoisotopic (exact) mass is 205 g/mol. The fourth-order valence-electron chi connectivity index (χ4n) is 1.26. The summed E-state index contributed by atoms with van der Waals surface area (Å²) in [6.07, 6.45) is 2.10. The highest BCUT2D eigenvalue weighted by Crippen LogP contribution is 2.39. The number of alkyl halides is 2. The molecule has 0 bridgehead atoms. The number of thioether (sulfide) groups is 1. The molecule has 0 radical (unpaired) electrons. The predicted octanol–water partition coefficient (Wildman–Crippen LogP) is 2.24. The molecule has 2 rings (SSSR count). The van der Waals surface area contributed by atoms with Crippen molar-refractivity contribution < 1.29 is 8.78 Å². The SMILES string of the molecule is Cc1nnc(SC(F)F)n1C1CC1. The number of aryl methyl sites for hydroxylation is 1. The lowest BCUT2D eigenvalue weighted by molar-refractivity contribution is 0.251. The second-order valence-electron chi connectivity index (χ2n) is 3.01. The summed E-state index contributed by atoms with van der Waals surface area (Å²) < 4.78 is 26.0. The Morgan fingerprint density at radius 1 is 1.46 bits per heavy atom. The van der Waals surface area contributed by atoms with Gasteiger partial charge in [-0.25, -0.2) is 0 Å². The van der Waals surface area contributed by atoms with Crippen LogP contribution in [0.3, 0.4) is 0 Å². The maximum atomic E-state index is 12.1. The largest absolute Gasteiger partial charge is 0.303 e. The lowest BCUT2D eigenvalue weighted by Gasteiger charge is -2.04. The number of hydrogen-bond acceptors (Lipinski definition) is 3. The lowest BCUT2D eigenvalue weighted by atomic mass is 10.6. The molecule has 0 unspecified atom stereocenters. The van der Waals surface area contributed by atoms with Crippen molar-refractivity contribution in [2.75, 3.05) is 0 Å². The van der Waals surface area contributed by atoms with E-state index in [4.69, 9.17) is 0 Å². The van der Waals surface area contributed by atoms with Gasteiger partial charge >= 0.3 is 0 Å². The number of hydrogen-bond donors (Lipinski definition) is 0. The van der Waals surface area contributed by atoms with Gasteiger partial charge in [0.05, 0.1) is 0 Å². The summed E-state index contributed by atoms with van der Waals surface area (Å²) in [6.45, 7) is 1.79. The molecular weight excluding hydrogens is 196 g/mol. The third-order valence-electron chi connectivity index (χ3n) is 1.94. The Morgan fingerprint density at radius 2 is 2.15 bits per heavy atom. The van der Waals surface area contributed by atoms with Crippen molar-refractivity contribution in [2.45, 2.75) is 36.7 Å². The van der Waals surface area contributed by atoms with E-state index in [-0.39, 0.29) is 0 Å². The first kappa shape index (κ1) is 8.93. The second kappa shape index (κ2) is 3.25. The number of rotatable bonds is 3. The van der Waals surface area contributed by atoms with Gasteiger partial charge in [0.1, 0.15) is 5.82 Å². The van der Waals surface area contributed by atoms with Crippen LogP contribution in [0.2, 0.25) is 0 Å². The summed E-state index contributed by atoms with van der Waals surface area (Å²) in [5, 5.41) is 7.85. The molecule has 1 heterocycles. The maximum absolute atomic E-state index is 12.1. The van der Waals surface area contributed by atoms with E-state index in [2.05, 4.69) is 10.2 Å². The standard InChI is InChI=1S/C7H9F2N3S/c1-4-10-11-7(13-6(8)9)12(4)5-2-3-5/h5-6H,2-3H2,1H3. The zero-order valence-electron chi connectivity index (χ0n) is 7.07. The Hall–Kier alpha value is -0.650. The topological polar surface area (TPSA) is 30.7 Å². The van der Waals surface area contributed by atoms with Crippen molar-refractivity contribution >= 4 is 11.8 Å². The first-order chi connectivity index (χ1) is 6.18. The van der Waals surface area contributed by atoms with Crippen molar-refractivity contribution in [1.82, 2.24) is 14.8 Å². The van der Waals surface area contributed by atoms with Gasteiger partial charge in [0.2, 0.25) is 0 Å². The molecule has 0 N–H and O–H groups in total. The van der Waals surface area contributed by atoms with Gasteiger partial charge in [0, 0.05) is 6.04 Å². The van der Waals surface area contributed by atoms with Crippen LogP contribution in [0.1, 0.15) is 24.7 Å². The molecule has 1 fully saturated rings. The van der Waals surface area contributed by atoms with E-state index in [0.29, 0.717) is 23.0 Å². The van der Waals surface area contributed by atoms with Gasteiger partial charge in [-0.15, -0.1) is 10.2 Å². The van der Waals surface area contributed by atoms with Crippen molar-refractivity contribution in [3.8, 4) is 0 Å². The van der Waals surface area contributed by atoms with Gasteiger partial charge < -0.3 is 4.57 Å². The van der Waals surface area contributed by atoms with E-state index in [1.165, 1.54) is 0 Å². The van der Waals surface area contributed by atoms with Crippen LogP contribution in [0.15, 0.2) is 5.16 Å². The molecule has 1 aromatic rings. The van der Waals surface area contributed by atoms with Crippen molar-refractivity contribution in [3.63, 3.8) is 0 Å². The average molecular weight is 205 g/mol. The molecule has 6 heteroatoms. The van der Waals surface area contributed by atoms with Crippen molar-refractivity contribution in [2.24, 2.45) is 0 Å². The van der Waals surface area contributed by atoms with Crippen LogP contribution >= 0.6 is 11.8 Å². The molecule has 0 amide bonds. The van der Waals surface area contributed by atoms with Gasteiger partial charge in [-0.2, -0.15) is 8.78 Å². The number of halogens is 2. The van der Waals surface area contributed by atoms with E-state index in [0.717, 1.165) is 18.7 Å². The molecule has 13 heavy (non-hydrogen) atoms. The predicted molar refractivity (Wildman–Crippen MR) is 44.9 cm³/mol. The van der Waals surface area contributed by atoms with Crippen LogP contribution < -0.4 is 0 Å². The lowest BCUT2D eigenvalue weighted by Crippen LogP contribution is -2.00. The molecule has 0 spiro atoms. The Morgan fingerprint density at radius 3 is 2.69 bits per heavy atom. The summed E-state index contributed by atoms with van der Waals surface area (Å²) in [4.78, 5) is 0. The van der Waals surface area contributed by atoms with Crippen molar-refractivity contribution in [3.05, 3.63) is 5.82 Å². The first-order valence-corrected chi connectivity index (χ1v) is 4.93. The summed E-state index contributed by atoms with van der Waals surface area (Å²) in [6, 6.07) is 0.358. The van der Waals surface area contributed by atoms with Crippen LogP contribution in [0, 0.1) is 6.92 Å². The normalized spacial score (nSPS) is 16.9. The molecule has 72 valence electrons. The molecule has 3 nitrogen and oxygen atoms in total. The highest BCUT2D eigenvalue weighted by atomic mass is 32.2. The van der Waals surface area contributed by atoms with E-state index in [1.54, 1.807) is 11.5 Å². The first-order valence-electron chi connectivity index (χ1n) is 4.05. The zero-order valence-corrected chi connectivity index (χ0v) is 7.89. The quantitative estimate of drug-likeness (QED) is 0.709. The molecule has 1 aliphatic carbocycles. The van der Waals surface area contributed by atoms with Crippen LogP contribution in [-0.4, -0.2) is 20.5 Å².